The number of nitrogens with zero attached hydrogens (tertiary/aromatic N) is 1. The molecular weight excluding hydrogens is 341 g/mol. The number of ether oxygens (including phenoxy) is 1. The van der Waals surface area contributed by atoms with Gasteiger partial charge in [0.1, 0.15) is 11.9 Å². The van der Waals surface area contributed by atoms with E-state index in [1.54, 1.807) is 7.05 Å². The zero-order chi connectivity index (χ0) is 12.1. The topological polar surface area (TPSA) is 45.7 Å². The molecule has 1 aliphatic rings. The van der Waals surface area contributed by atoms with Gasteiger partial charge >= 0.3 is 0 Å². The Balaban J connectivity index is 0.00000162. The number of nitrogens with one attached hydrogen (secondary N) is 2. The first-order valence-corrected chi connectivity index (χ1v) is 6.02. The summed E-state index contributed by atoms with van der Waals surface area (Å²) in [6.45, 7) is 3.69. The van der Waals surface area contributed by atoms with E-state index in [1.165, 1.54) is 5.56 Å². The van der Waals surface area contributed by atoms with E-state index in [1.807, 2.05) is 12.1 Å². The molecule has 100 valence electrons. The van der Waals surface area contributed by atoms with Crippen molar-refractivity contribution < 1.29 is 4.74 Å². The number of hydrogen-bond donors (Lipinski definition) is 2. The summed E-state index contributed by atoms with van der Waals surface area (Å²) in [5, 5.41) is 6.42. The fourth-order valence-electron chi connectivity index (χ4n) is 1.97. The maximum atomic E-state index is 5.83. The molecule has 1 aromatic rings. The van der Waals surface area contributed by atoms with Crippen molar-refractivity contribution in [3.05, 3.63) is 29.8 Å². The SMILES string of the molecule is CCNC(=NC)NCC1Cc2ccccc2O1.I. The van der Waals surface area contributed by atoms with Crippen LogP contribution in [0.1, 0.15) is 12.5 Å². The van der Waals surface area contributed by atoms with Crippen LogP contribution in [0, 0.1) is 0 Å². The molecule has 1 unspecified atom stereocenters. The molecule has 2 N–H and O–H groups in total. The summed E-state index contributed by atoms with van der Waals surface area (Å²) in [6.07, 6.45) is 1.16. The van der Waals surface area contributed by atoms with E-state index >= 15 is 0 Å². The van der Waals surface area contributed by atoms with Gasteiger partial charge in [0.2, 0.25) is 0 Å². The monoisotopic (exact) mass is 361 g/mol. The van der Waals surface area contributed by atoms with E-state index < -0.39 is 0 Å². The van der Waals surface area contributed by atoms with E-state index in [0.29, 0.717) is 0 Å². The average molecular weight is 361 g/mol. The van der Waals surface area contributed by atoms with Crippen LogP contribution in [0.25, 0.3) is 0 Å². The molecule has 1 heterocycles. The maximum Gasteiger partial charge on any atom is 0.191 e. The zero-order valence-corrected chi connectivity index (χ0v) is 13.1. The summed E-state index contributed by atoms with van der Waals surface area (Å²) in [6, 6.07) is 8.20. The summed E-state index contributed by atoms with van der Waals surface area (Å²) in [5.74, 6) is 1.84. The molecule has 0 aliphatic carbocycles. The number of fused-ring (bicyclic) bond motifs is 1. The molecule has 0 amide bonds. The van der Waals surface area contributed by atoms with E-state index in [4.69, 9.17) is 4.74 Å². The van der Waals surface area contributed by atoms with Gasteiger partial charge in [-0.15, -0.1) is 24.0 Å². The van der Waals surface area contributed by atoms with Crippen LogP contribution in [0.4, 0.5) is 0 Å². The van der Waals surface area contributed by atoms with Gasteiger partial charge in [-0.2, -0.15) is 0 Å². The molecule has 2 rings (SSSR count). The van der Waals surface area contributed by atoms with Crippen molar-refractivity contribution in [2.75, 3.05) is 20.1 Å². The van der Waals surface area contributed by atoms with Crippen LogP contribution in [0.15, 0.2) is 29.3 Å². The Morgan fingerprint density at radius 3 is 2.83 bits per heavy atom. The van der Waals surface area contributed by atoms with E-state index in [-0.39, 0.29) is 30.1 Å². The quantitative estimate of drug-likeness (QED) is 0.490. The minimum absolute atomic E-state index is 0. The van der Waals surface area contributed by atoms with Crippen LogP contribution in [0.3, 0.4) is 0 Å². The van der Waals surface area contributed by atoms with Crippen LogP contribution in [0.2, 0.25) is 0 Å². The minimum atomic E-state index is 0. The van der Waals surface area contributed by atoms with Crippen LogP contribution < -0.4 is 15.4 Å². The molecule has 0 saturated carbocycles. The van der Waals surface area contributed by atoms with Gasteiger partial charge in [-0.05, 0) is 18.6 Å². The lowest BCUT2D eigenvalue weighted by atomic mass is 10.1. The molecule has 0 spiro atoms. The van der Waals surface area contributed by atoms with Crippen molar-refractivity contribution in [3.63, 3.8) is 0 Å². The molecular formula is C13H20IN3O. The molecule has 4 nitrogen and oxygen atoms in total. The second-order valence-electron chi connectivity index (χ2n) is 4.04. The number of hydrogen-bond acceptors (Lipinski definition) is 2. The van der Waals surface area contributed by atoms with E-state index in [2.05, 4.69) is 34.7 Å². The second-order valence-corrected chi connectivity index (χ2v) is 4.04. The standard InChI is InChI=1S/C13H19N3O.HI/c1-3-15-13(14-2)16-9-11-8-10-6-4-5-7-12(10)17-11;/h4-7,11H,3,8-9H2,1-2H3,(H2,14,15,16);1H. The van der Waals surface area contributed by atoms with Gasteiger partial charge in [0.05, 0.1) is 6.54 Å². The molecule has 0 fully saturated rings. The molecule has 0 aromatic heterocycles. The van der Waals surface area contributed by atoms with Crippen molar-refractivity contribution in [3.8, 4) is 5.75 Å². The van der Waals surface area contributed by atoms with Gasteiger partial charge in [-0.1, -0.05) is 18.2 Å². The Kier molecular flexibility index (Phi) is 6.24. The van der Waals surface area contributed by atoms with Crippen molar-refractivity contribution in [2.24, 2.45) is 4.99 Å². The van der Waals surface area contributed by atoms with Crippen LogP contribution in [-0.2, 0) is 6.42 Å². The molecule has 1 atom stereocenters. The van der Waals surface area contributed by atoms with E-state index in [0.717, 1.165) is 31.2 Å². The Labute approximate surface area is 125 Å². The normalized spacial score (nSPS) is 17.4. The first-order chi connectivity index (χ1) is 8.33. The highest BCUT2D eigenvalue weighted by Gasteiger charge is 2.21. The number of para-hydroxylation sites is 1. The fourth-order valence-corrected chi connectivity index (χ4v) is 1.97. The molecule has 1 aromatic carbocycles. The smallest absolute Gasteiger partial charge is 0.191 e. The Morgan fingerprint density at radius 1 is 1.39 bits per heavy atom. The third-order valence-corrected chi connectivity index (χ3v) is 2.78. The van der Waals surface area contributed by atoms with Gasteiger partial charge in [0.25, 0.3) is 0 Å². The van der Waals surface area contributed by atoms with Crippen molar-refractivity contribution in [2.45, 2.75) is 19.4 Å². The Hall–Kier alpha value is -0.980. The van der Waals surface area contributed by atoms with Gasteiger partial charge in [0, 0.05) is 20.0 Å². The third-order valence-electron chi connectivity index (χ3n) is 2.78. The maximum absolute atomic E-state index is 5.83. The van der Waals surface area contributed by atoms with Gasteiger partial charge < -0.3 is 15.4 Å². The van der Waals surface area contributed by atoms with Gasteiger partial charge in [0.15, 0.2) is 5.96 Å². The summed E-state index contributed by atoms with van der Waals surface area (Å²) < 4.78 is 5.83. The predicted octanol–water partition coefficient (Wildman–Crippen LogP) is 1.79. The number of halogens is 1. The number of aliphatic imine (C=N–C) groups is 1. The van der Waals surface area contributed by atoms with Gasteiger partial charge in [-0.3, -0.25) is 4.99 Å². The largest absolute Gasteiger partial charge is 0.488 e. The second kappa shape index (κ2) is 7.45. The highest BCUT2D eigenvalue weighted by molar-refractivity contribution is 14.0. The van der Waals surface area contributed by atoms with Crippen LogP contribution in [-0.4, -0.2) is 32.2 Å². The summed E-state index contributed by atoms with van der Waals surface area (Å²) >= 11 is 0. The van der Waals surface area contributed by atoms with Crippen LogP contribution >= 0.6 is 24.0 Å². The first-order valence-electron chi connectivity index (χ1n) is 6.02. The lowest BCUT2D eigenvalue weighted by Gasteiger charge is -2.14. The number of benzene rings is 1. The summed E-state index contributed by atoms with van der Waals surface area (Å²) in [4.78, 5) is 4.13. The Morgan fingerprint density at radius 2 is 2.17 bits per heavy atom. The predicted molar refractivity (Wildman–Crippen MR) is 85.0 cm³/mol. The number of guanidine groups is 1. The molecule has 0 bridgehead atoms. The molecule has 0 saturated heterocycles. The number of rotatable bonds is 3. The lowest BCUT2D eigenvalue weighted by Crippen LogP contribution is -2.42. The van der Waals surface area contributed by atoms with Crippen molar-refractivity contribution in [1.82, 2.24) is 10.6 Å². The third kappa shape index (κ3) is 3.76. The molecule has 1 aliphatic heterocycles. The highest BCUT2D eigenvalue weighted by Crippen LogP contribution is 2.27. The molecule has 18 heavy (non-hydrogen) atoms. The molecule has 5 heteroatoms. The average Bonchev–Trinajstić information content (AvgIpc) is 2.77. The minimum Gasteiger partial charge on any atom is -0.488 e. The summed E-state index contributed by atoms with van der Waals surface area (Å²) in [7, 11) is 1.77. The zero-order valence-electron chi connectivity index (χ0n) is 10.8. The Bertz CT molecular complexity index is 384. The molecule has 0 radical (unpaired) electrons. The van der Waals surface area contributed by atoms with Crippen molar-refractivity contribution in [1.29, 1.82) is 0 Å². The van der Waals surface area contributed by atoms with Crippen molar-refractivity contribution >= 4 is 29.9 Å². The first kappa shape index (κ1) is 15.1. The highest BCUT2D eigenvalue weighted by atomic mass is 127. The van der Waals surface area contributed by atoms with Gasteiger partial charge in [-0.25, -0.2) is 0 Å². The fraction of sp³-hybridized carbons (Fsp3) is 0.462. The van der Waals surface area contributed by atoms with E-state index in [9.17, 15) is 0 Å². The lowest BCUT2D eigenvalue weighted by molar-refractivity contribution is 0.235. The summed E-state index contributed by atoms with van der Waals surface area (Å²) in [5.41, 5.74) is 1.29. The van der Waals surface area contributed by atoms with Crippen LogP contribution in [0.5, 0.6) is 5.75 Å².